The highest BCUT2D eigenvalue weighted by atomic mass is 16.2. The number of nitrogens with zero attached hydrogens (tertiary/aromatic N) is 4. The van der Waals surface area contributed by atoms with Crippen LogP contribution in [0.2, 0.25) is 0 Å². The number of aromatic nitrogens is 2. The third-order valence-corrected chi connectivity index (χ3v) is 7.54. The van der Waals surface area contributed by atoms with E-state index in [2.05, 4.69) is 47.9 Å². The van der Waals surface area contributed by atoms with E-state index in [1.54, 1.807) is 0 Å². The van der Waals surface area contributed by atoms with Gasteiger partial charge in [-0.15, -0.1) is 0 Å². The number of anilines is 1. The summed E-state index contributed by atoms with van der Waals surface area (Å²) < 4.78 is 1.84. The lowest BCUT2D eigenvalue weighted by molar-refractivity contribution is -0.137. The second kappa shape index (κ2) is 9.61. The topological polar surface area (TPSA) is 58.4 Å². The number of para-hydroxylation sites is 2. The smallest absolute Gasteiger partial charge is 0.294 e. The van der Waals surface area contributed by atoms with Gasteiger partial charge in [-0.25, -0.2) is 4.98 Å². The van der Waals surface area contributed by atoms with Crippen LogP contribution in [0.25, 0.3) is 11.0 Å². The molecular weight excluding hydrogens is 424 g/mol. The average molecular weight is 459 g/mol. The van der Waals surface area contributed by atoms with Crippen molar-refractivity contribution in [3.8, 4) is 0 Å². The Bertz CT molecular complexity index is 1220. The fourth-order valence-electron chi connectivity index (χ4n) is 5.24. The van der Waals surface area contributed by atoms with Crippen molar-refractivity contribution in [2.45, 2.75) is 46.1 Å². The van der Waals surface area contributed by atoms with Crippen LogP contribution < -0.4 is 10.5 Å². The molecule has 2 aliphatic rings. The lowest BCUT2D eigenvalue weighted by Gasteiger charge is -2.37. The molecule has 0 aliphatic carbocycles. The molecule has 2 fully saturated rings. The molecule has 2 aromatic carbocycles. The molecule has 0 spiro atoms. The first kappa shape index (κ1) is 22.6. The molecule has 3 aromatic rings. The fourth-order valence-corrected chi connectivity index (χ4v) is 5.24. The summed E-state index contributed by atoms with van der Waals surface area (Å²) >= 11 is 0. The molecule has 5 rings (SSSR count). The molecule has 0 bridgehead atoms. The zero-order chi connectivity index (χ0) is 23.7. The van der Waals surface area contributed by atoms with Crippen LogP contribution in [0.3, 0.4) is 0 Å². The summed E-state index contributed by atoms with van der Waals surface area (Å²) in [6.07, 6.45) is 3.76. The fraction of sp³-hybridized carbons (Fsp3) is 0.464. The van der Waals surface area contributed by atoms with Gasteiger partial charge in [0.05, 0.1) is 17.6 Å². The molecule has 1 aromatic heterocycles. The second-order valence-corrected chi connectivity index (χ2v) is 10.1. The van der Waals surface area contributed by atoms with Crippen LogP contribution in [-0.2, 0) is 11.3 Å². The van der Waals surface area contributed by atoms with Gasteiger partial charge in [-0.1, -0.05) is 48.9 Å². The van der Waals surface area contributed by atoms with Crippen LogP contribution in [0.15, 0.2) is 53.3 Å². The first-order valence-corrected chi connectivity index (χ1v) is 12.6. The Morgan fingerprint density at radius 1 is 0.941 bits per heavy atom. The molecule has 2 aliphatic heterocycles. The van der Waals surface area contributed by atoms with Gasteiger partial charge in [0.25, 0.3) is 5.56 Å². The Morgan fingerprint density at radius 2 is 1.62 bits per heavy atom. The maximum absolute atomic E-state index is 13.6. The minimum Gasteiger partial charge on any atom is -0.352 e. The van der Waals surface area contributed by atoms with Gasteiger partial charge in [-0.2, -0.15) is 0 Å². The van der Waals surface area contributed by atoms with Crippen molar-refractivity contribution in [1.82, 2.24) is 14.5 Å². The molecular formula is C28H34N4O2. The van der Waals surface area contributed by atoms with E-state index in [0.717, 1.165) is 55.4 Å². The summed E-state index contributed by atoms with van der Waals surface area (Å²) in [5.74, 6) is 1.57. The van der Waals surface area contributed by atoms with Crippen LogP contribution in [0.4, 0.5) is 5.82 Å². The molecule has 0 unspecified atom stereocenters. The average Bonchev–Trinajstić information content (AvgIpc) is 2.87. The number of aryl methyl sites for hydroxylation is 1. The number of carbonyl (C=O) groups is 1. The van der Waals surface area contributed by atoms with Crippen LogP contribution in [-0.4, -0.2) is 46.5 Å². The molecule has 2 saturated heterocycles. The van der Waals surface area contributed by atoms with E-state index in [-0.39, 0.29) is 11.5 Å². The quantitative estimate of drug-likeness (QED) is 0.587. The van der Waals surface area contributed by atoms with Crippen molar-refractivity contribution in [1.29, 1.82) is 0 Å². The zero-order valence-corrected chi connectivity index (χ0v) is 20.2. The second-order valence-electron chi connectivity index (χ2n) is 10.1. The zero-order valence-electron chi connectivity index (χ0n) is 20.2. The summed E-state index contributed by atoms with van der Waals surface area (Å²) in [6, 6.07) is 16.2. The third kappa shape index (κ3) is 4.59. The minimum absolute atomic E-state index is 0.0555. The Labute approximate surface area is 201 Å². The Balaban J connectivity index is 1.37. The van der Waals surface area contributed by atoms with E-state index < -0.39 is 0 Å². The highest BCUT2D eigenvalue weighted by molar-refractivity contribution is 5.79. The van der Waals surface area contributed by atoms with Crippen LogP contribution >= 0.6 is 0 Å². The van der Waals surface area contributed by atoms with E-state index in [4.69, 9.17) is 4.98 Å². The largest absolute Gasteiger partial charge is 0.352 e. The number of rotatable bonds is 4. The SMILES string of the molecule is Cc1ccc(Cn2c(=O)c(N3CCC(C(=O)N4CCC(C)CC4)CC3)nc3ccccc32)cc1. The standard InChI is InChI=1S/C28H34N4O2/c1-20-7-9-22(10-8-20)19-32-25-6-4-3-5-24(25)29-26(28(32)34)30-17-13-23(14-18-30)27(33)31-15-11-21(2)12-16-31/h3-10,21,23H,11-19H2,1-2H3. The lowest BCUT2D eigenvalue weighted by atomic mass is 9.92. The number of benzene rings is 2. The summed E-state index contributed by atoms with van der Waals surface area (Å²) in [5.41, 5.74) is 3.91. The van der Waals surface area contributed by atoms with Crippen LogP contribution in [0.1, 0.15) is 43.7 Å². The van der Waals surface area contributed by atoms with Crippen molar-refractivity contribution in [3.63, 3.8) is 0 Å². The van der Waals surface area contributed by atoms with Gasteiger partial charge < -0.3 is 9.80 Å². The Hall–Kier alpha value is -3.15. The minimum atomic E-state index is -0.0610. The molecule has 1 amide bonds. The number of likely N-dealkylation sites (tertiary alicyclic amines) is 1. The number of piperidine rings is 2. The van der Waals surface area contributed by atoms with E-state index in [1.165, 1.54) is 5.56 Å². The van der Waals surface area contributed by atoms with Crippen molar-refractivity contribution < 1.29 is 4.79 Å². The number of hydrogen-bond acceptors (Lipinski definition) is 4. The summed E-state index contributed by atoms with van der Waals surface area (Å²) in [6.45, 7) is 7.99. The van der Waals surface area contributed by atoms with Crippen molar-refractivity contribution in [2.24, 2.45) is 11.8 Å². The molecule has 0 N–H and O–H groups in total. The number of carbonyl (C=O) groups excluding carboxylic acids is 1. The van der Waals surface area contributed by atoms with Gasteiger partial charge in [0.15, 0.2) is 5.82 Å². The van der Waals surface area contributed by atoms with Gasteiger partial charge in [0.2, 0.25) is 5.91 Å². The lowest BCUT2D eigenvalue weighted by Crippen LogP contribution is -2.46. The number of hydrogen-bond donors (Lipinski definition) is 0. The molecule has 0 saturated carbocycles. The van der Waals surface area contributed by atoms with E-state index >= 15 is 0 Å². The molecule has 34 heavy (non-hydrogen) atoms. The third-order valence-electron chi connectivity index (χ3n) is 7.54. The molecule has 6 heteroatoms. The monoisotopic (exact) mass is 458 g/mol. The van der Waals surface area contributed by atoms with E-state index in [0.29, 0.717) is 37.3 Å². The molecule has 0 atom stereocenters. The van der Waals surface area contributed by atoms with Crippen molar-refractivity contribution in [3.05, 3.63) is 70.0 Å². The Kier molecular flexibility index (Phi) is 6.40. The summed E-state index contributed by atoms with van der Waals surface area (Å²) in [5, 5.41) is 0. The number of amides is 1. The van der Waals surface area contributed by atoms with Crippen LogP contribution in [0, 0.1) is 18.8 Å². The molecule has 3 heterocycles. The van der Waals surface area contributed by atoms with Gasteiger partial charge in [0.1, 0.15) is 0 Å². The van der Waals surface area contributed by atoms with E-state index in [1.807, 2.05) is 28.8 Å². The van der Waals surface area contributed by atoms with Crippen LogP contribution in [0.5, 0.6) is 0 Å². The first-order chi connectivity index (χ1) is 16.5. The Morgan fingerprint density at radius 3 is 2.32 bits per heavy atom. The number of fused-ring (bicyclic) bond motifs is 1. The van der Waals surface area contributed by atoms with Crippen molar-refractivity contribution in [2.75, 3.05) is 31.1 Å². The normalized spacial score (nSPS) is 17.9. The van der Waals surface area contributed by atoms with Gasteiger partial charge in [-0.05, 0) is 56.2 Å². The molecule has 178 valence electrons. The first-order valence-electron chi connectivity index (χ1n) is 12.6. The predicted molar refractivity (Wildman–Crippen MR) is 136 cm³/mol. The maximum Gasteiger partial charge on any atom is 0.294 e. The maximum atomic E-state index is 13.6. The highest BCUT2D eigenvalue weighted by Gasteiger charge is 2.31. The van der Waals surface area contributed by atoms with E-state index in [9.17, 15) is 9.59 Å². The van der Waals surface area contributed by atoms with Gasteiger partial charge in [0, 0.05) is 32.1 Å². The van der Waals surface area contributed by atoms with Gasteiger partial charge >= 0.3 is 0 Å². The predicted octanol–water partition coefficient (Wildman–Crippen LogP) is 4.23. The summed E-state index contributed by atoms with van der Waals surface area (Å²) in [7, 11) is 0. The van der Waals surface area contributed by atoms with Gasteiger partial charge in [-0.3, -0.25) is 14.2 Å². The highest BCUT2D eigenvalue weighted by Crippen LogP contribution is 2.26. The molecule has 0 radical (unpaired) electrons. The summed E-state index contributed by atoms with van der Waals surface area (Å²) in [4.78, 5) is 35.6. The molecule has 6 nitrogen and oxygen atoms in total. The van der Waals surface area contributed by atoms with Crippen molar-refractivity contribution >= 4 is 22.8 Å².